The lowest BCUT2D eigenvalue weighted by Crippen LogP contribution is -2.67. The molecule has 4 fully saturated rings. The van der Waals surface area contributed by atoms with Crippen LogP contribution in [0.5, 0.6) is 0 Å². The van der Waals surface area contributed by atoms with Gasteiger partial charge in [0.2, 0.25) is 0 Å². The number of rotatable bonds is 8. The molecule has 212 valence electrons. The fourth-order valence-corrected chi connectivity index (χ4v) is 10.1. The zero-order chi connectivity index (χ0) is 27.1. The molecule has 4 heteroatoms. The Labute approximate surface area is 231 Å². The molecule has 0 heterocycles. The molecule has 0 amide bonds. The van der Waals surface area contributed by atoms with Gasteiger partial charge in [0, 0.05) is 11.8 Å². The Morgan fingerprint density at radius 2 is 1.74 bits per heavy atom. The van der Waals surface area contributed by atoms with Gasteiger partial charge in [-0.05, 0) is 91.4 Å². The van der Waals surface area contributed by atoms with Gasteiger partial charge in [0.1, 0.15) is 5.60 Å². The highest BCUT2D eigenvalue weighted by atomic mass is 16.5. The van der Waals surface area contributed by atoms with E-state index in [0.29, 0.717) is 41.9 Å². The van der Waals surface area contributed by atoms with Gasteiger partial charge in [0.05, 0.1) is 18.4 Å². The van der Waals surface area contributed by atoms with Crippen molar-refractivity contribution in [1.82, 2.24) is 0 Å². The number of fused-ring (bicyclic) bond motifs is 5. The molecular formula is C34H53NO3. The normalized spacial score (nSPS) is 42.5. The first-order valence-electron chi connectivity index (χ1n) is 15.7. The third-order valence-electron chi connectivity index (χ3n) is 12.3. The lowest BCUT2D eigenvalue weighted by atomic mass is 9.42. The minimum atomic E-state index is -1.08. The summed E-state index contributed by atoms with van der Waals surface area (Å²) in [5.41, 5.74) is 0.825. The van der Waals surface area contributed by atoms with Gasteiger partial charge in [-0.15, -0.1) is 0 Å². The Bertz CT molecular complexity index is 977. The molecule has 5 rings (SSSR count). The van der Waals surface area contributed by atoms with E-state index in [9.17, 15) is 10.3 Å². The summed E-state index contributed by atoms with van der Waals surface area (Å²) in [6, 6.07) is 10.3. The average molecular weight is 524 g/mol. The fraction of sp³-hybridized carbons (Fsp3) is 0.794. The van der Waals surface area contributed by atoms with Crippen molar-refractivity contribution in [3.63, 3.8) is 0 Å². The minimum absolute atomic E-state index is 0.0158. The standard InChI is InChI=1S/C34H53NO3/c1-23(2)10-9-11-24(3)28-14-15-29-27-20-31(35-37)34(36)21-26(38-22-25-12-7-6-8-13-25)16-19-33(34,5)30(27)17-18-32(28,29)4/h6-8,12-13,23-24,26-30,36-37H,9-11,14-22H2,1-5H3. The van der Waals surface area contributed by atoms with E-state index in [1.54, 1.807) is 0 Å². The molecule has 38 heavy (non-hydrogen) atoms. The molecular weight excluding hydrogens is 470 g/mol. The first-order chi connectivity index (χ1) is 18.1. The van der Waals surface area contributed by atoms with Crippen LogP contribution in [0.15, 0.2) is 35.5 Å². The molecule has 4 nitrogen and oxygen atoms in total. The zero-order valence-electron chi connectivity index (χ0n) is 24.7. The number of oxime groups is 1. The van der Waals surface area contributed by atoms with Crippen LogP contribution in [0.3, 0.4) is 0 Å². The molecule has 0 spiro atoms. The van der Waals surface area contributed by atoms with E-state index in [0.717, 1.165) is 42.6 Å². The van der Waals surface area contributed by atoms with Crippen LogP contribution in [0.25, 0.3) is 0 Å². The summed E-state index contributed by atoms with van der Waals surface area (Å²) in [6.07, 6.45) is 12.3. The zero-order valence-corrected chi connectivity index (χ0v) is 24.7. The van der Waals surface area contributed by atoms with E-state index >= 15 is 0 Å². The molecule has 9 unspecified atom stereocenters. The molecule has 4 saturated carbocycles. The number of ether oxygens (including phenoxy) is 1. The Morgan fingerprint density at radius 1 is 0.974 bits per heavy atom. The van der Waals surface area contributed by atoms with Crippen molar-refractivity contribution in [2.75, 3.05) is 0 Å². The molecule has 4 aliphatic carbocycles. The van der Waals surface area contributed by atoms with Gasteiger partial charge in [0.15, 0.2) is 0 Å². The molecule has 4 aliphatic rings. The highest BCUT2D eigenvalue weighted by molar-refractivity contribution is 5.94. The average Bonchev–Trinajstić information content (AvgIpc) is 3.25. The second kappa shape index (κ2) is 10.9. The van der Waals surface area contributed by atoms with Gasteiger partial charge in [-0.2, -0.15) is 0 Å². The van der Waals surface area contributed by atoms with Crippen molar-refractivity contribution in [1.29, 1.82) is 0 Å². The van der Waals surface area contributed by atoms with E-state index in [4.69, 9.17) is 4.74 Å². The van der Waals surface area contributed by atoms with Gasteiger partial charge in [-0.3, -0.25) is 0 Å². The van der Waals surface area contributed by atoms with E-state index in [1.165, 1.54) is 44.9 Å². The topological polar surface area (TPSA) is 62.1 Å². The summed E-state index contributed by atoms with van der Waals surface area (Å²) >= 11 is 0. The molecule has 0 bridgehead atoms. The minimum Gasteiger partial charge on any atom is -0.411 e. The molecule has 0 aromatic heterocycles. The first-order valence-corrected chi connectivity index (χ1v) is 15.7. The van der Waals surface area contributed by atoms with Crippen molar-refractivity contribution < 1.29 is 15.1 Å². The predicted octanol–water partition coefficient (Wildman–Crippen LogP) is 8.25. The largest absolute Gasteiger partial charge is 0.411 e. The summed E-state index contributed by atoms with van der Waals surface area (Å²) in [4.78, 5) is 0. The number of hydrogen-bond donors (Lipinski definition) is 2. The van der Waals surface area contributed by atoms with E-state index < -0.39 is 5.60 Å². The number of aliphatic hydroxyl groups is 1. The first kappa shape index (κ1) is 28.1. The van der Waals surface area contributed by atoms with Gasteiger partial charge < -0.3 is 15.1 Å². The second-order valence-corrected chi connectivity index (χ2v) is 14.6. The van der Waals surface area contributed by atoms with Gasteiger partial charge in [-0.1, -0.05) is 89.4 Å². The Kier molecular flexibility index (Phi) is 8.06. The third kappa shape index (κ3) is 4.76. The van der Waals surface area contributed by atoms with E-state index in [2.05, 4.69) is 51.9 Å². The maximum absolute atomic E-state index is 12.3. The summed E-state index contributed by atoms with van der Waals surface area (Å²) in [5, 5.41) is 26.5. The maximum Gasteiger partial charge on any atom is 0.114 e. The van der Waals surface area contributed by atoms with Crippen molar-refractivity contribution in [3.8, 4) is 0 Å². The van der Waals surface area contributed by atoms with Crippen LogP contribution in [0.4, 0.5) is 0 Å². The van der Waals surface area contributed by atoms with Crippen molar-refractivity contribution in [3.05, 3.63) is 35.9 Å². The fourth-order valence-electron chi connectivity index (χ4n) is 10.1. The van der Waals surface area contributed by atoms with Crippen LogP contribution in [-0.4, -0.2) is 27.7 Å². The highest BCUT2D eigenvalue weighted by Crippen LogP contribution is 2.68. The SMILES string of the molecule is CC(C)CCCC(C)C1CCC2C3CC(=NO)C4(O)CC(OCc5ccccc5)CCC4(C)C3CCC12C. The number of hydrogen-bond acceptors (Lipinski definition) is 4. The van der Waals surface area contributed by atoms with Gasteiger partial charge in [-0.25, -0.2) is 0 Å². The molecule has 0 saturated heterocycles. The summed E-state index contributed by atoms with van der Waals surface area (Å²) in [6.45, 7) is 12.7. The summed E-state index contributed by atoms with van der Waals surface area (Å²) in [7, 11) is 0. The van der Waals surface area contributed by atoms with Gasteiger partial charge in [0.25, 0.3) is 0 Å². The Morgan fingerprint density at radius 3 is 2.45 bits per heavy atom. The molecule has 1 aromatic rings. The van der Waals surface area contributed by atoms with Crippen LogP contribution in [0.2, 0.25) is 0 Å². The van der Waals surface area contributed by atoms with Crippen LogP contribution in [0, 0.1) is 46.3 Å². The lowest BCUT2D eigenvalue weighted by molar-refractivity contribution is -0.178. The quantitative estimate of drug-likeness (QED) is 0.266. The molecule has 9 atom stereocenters. The smallest absolute Gasteiger partial charge is 0.114 e. The van der Waals surface area contributed by atoms with Crippen LogP contribution in [-0.2, 0) is 11.3 Å². The molecule has 2 N–H and O–H groups in total. The maximum atomic E-state index is 12.3. The summed E-state index contributed by atoms with van der Waals surface area (Å²) < 4.78 is 6.33. The van der Waals surface area contributed by atoms with Crippen molar-refractivity contribution >= 4 is 5.71 Å². The van der Waals surface area contributed by atoms with Crippen LogP contribution in [0.1, 0.15) is 111 Å². The van der Waals surface area contributed by atoms with E-state index in [1.807, 2.05) is 18.2 Å². The molecule has 0 aliphatic heterocycles. The van der Waals surface area contributed by atoms with Crippen LogP contribution >= 0.6 is 0 Å². The summed E-state index contributed by atoms with van der Waals surface area (Å²) in [5.74, 6) is 4.04. The molecule has 0 radical (unpaired) electrons. The second-order valence-electron chi connectivity index (χ2n) is 14.6. The van der Waals surface area contributed by atoms with Gasteiger partial charge >= 0.3 is 0 Å². The number of nitrogens with zero attached hydrogens (tertiary/aromatic N) is 1. The Hall–Kier alpha value is -1.39. The monoisotopic (exact) mass is 523 g/mol. The van der Waals surface area contributed by atoms with Crippen molar-refractivity contribution in [2.24, 2.45) is 51.5 Å². The van der Waals surface area contributed by atoms with Crippen LogP contribution < -0.4 is 0 Å². The lowest BCUT2D eigenvalue weighted by Gasteiger charge is -2.64. The van der Waals surface area contributed by atoms with E-state index in [-0.39, 0.29) is 11.5 Å². The predicted molar refractivity (Wildman–Crippen MR) is 154 cm³/mol. The highest BCUT2D eigenvalue weighted by Gasteiger charge is 2.67. The van der Waals surface area contributed by atoms with Crippen molar-refractivity contribution in [2.45, 2.75) is 124 Å². The Balaban J connectivity index is 1.31. The third-order valence-corrected chi connectivity index (χ3v) is 12.3. The molecule has 1 aromatic carbocycles. The number of benzene rings is 1.